The molecule has 2 aromatic carbocycles. The van der Waals surface area contributed by atoms with Gasteiger partial charge >= 0.3 is 5.97 Å². The fraction of sp³-hybridized carbons (Fsp3) is 0.0476. The van der Waals surface area contributed by atoms with Crippen molar-refractivity contribution in [3.63, 3.8) is 0 Å². The summed E-state index contributed by atoms with van der Waals surface area (Å²) >= 11 is 0. The molecule has 0 radical (unpaired) electrons. The van der Waals surface area contributed by atoms with Gasteiger partial charge in [-0.15, -0.1) is 0 Å². The maximum atomic E-state index is 12.1. The normalized spacial score (nSPS) is 15.3. The highest BCUT2D eigenvalue weighted by Crippen LogP contribution is 2.30. The van der Waals surface area contributed by atoms with Gasteiger partial charge in [0.1, 0.15) is 11.5 Å². The van der Waals surface area contributed by atoms with Crippen molar-refractivity contribution in [1.82, 2.24) is 4.98 Å². The lowest BCUT2D eigenvalue weighted by atomic mass is 10.0. The molecule has 122 valence electrons. The number of hydrogen-bond donors (Lipinski definition) is 0. The Labute approximate surface area is 145 Å². The molecule has 0 unspecified atom stereocenters. The van der Waals surface area contributed by atoms with E-state index in [9.17, 15) is 4.79 Å². The predicted octanol–water partition coefficient (Wildman–Crippen LogP) is 4.22. The Hall–Kier alpha value is -3.40. The van der Waals surface area contributed by atoms with Gasteiger partial charge in [-0.05, 0) is 52.8 Å². The highest BCUT2D eigenvalue weighted by Gasteiger charge is 2.22. The van der Waals surface area contributed by atoms with Crippen molar-refractivity contribution in [1.29, 1.82) is 0 Å². The molecule has 0 saturated heterocycles. The van der Waals surface area contributed by atoms with Crippen LogP contribution in [0.25, 0.3) is 22.6 Å². The van der Waals surface area contributed by atoms with Crippen LogP contribution in [0.3, 0.4) is 0 Å². The SMILES string of the molecule is COc1ccc2cc(C3=C/C(=C/c4cccnc4)C(=O)O3)ccc2c1. The van der Waals surface area contributed by atoms with Crippen LogP contribution in [-0.4, -0.2) is 18.1 Å². The zero-order valence-electron chi connectivity index (χ0n) is 13.6. The van der Waals surface area contributed by atoms with Crippen molar-refractivity contribution >= 4 is 28.6 Å². The summed E-state index contributed by atoms with van der Waals surface area (Å²) in [5.41, 5.74) is 2.23. The molecule has 1 aliphatic rings. The van der Waals surface area contributed by atoms with Crippen LogP contribution in [0.5, 0.6) is 5.75 Å². The van der Waals surface area contributed by atoms with Crippen LogP contribution < -0.4 is 4.74 Å². The molecule has 0 amide bonds. The Morgan fingerprint density at radius 1 is 1.08 bits per heavy atom. The molecule has 0 atom stereocenters. The van der Waals surface area contributed by atoms with E-state index in [1.54, 1.807) is 31.7 Å². The number of carbonyl (C=O) groups is 1. The number of nitrogens with zero attached hydrogens (tertiary/aromatic N) is 1. The number of esters is 1. The fourth-order valence-electron chi connectivity index (χ4n) is 2.78. The molecule has 1 aliphatic heterocycles. The van der Waals surface area contributed by atoms with Gasteiger partial charge in [-0.2, -0.15) is 0 Å². The molecule has 0 bridgehead atoms. The summed E-state index contributed by atoms with van der Waals surface area (Å²) in [4.78, 5) is 16.2. The van der Waals surface area contributed by atoms with Crippen LogP contribution in [-0.2, 0) is 9.53 Å². The zero-order chi connectivity index (χ0) is 17.2. The molecule has 0 spiro atoms. The van der Waals surface area contributed by atoms with Crippen LogP contribution in [0.4, 0.5) is 0 Å². The molecule has 0 saturated carbocycles. The van der Waals surface area contributed by atoms with Crippen LogP contribution >= 0.6 is 0 Å². The number of fused-ring (bicyclic) bond motifs is 1. The van der Waals surface area contributed by atoms with E-state index in [1.165, 1.54) is 0 Å². The molecule has 2 heterocycles. The number of ether oxygens (including phenoxy) is 2. The second-order valence-electron chi connectivity index (χ2n) is 5.71. The summed E-state index contributed by atoms with van der Waals surface area (Å²) in [6.45, 7) is 0. The van der Waals surface area contributed by atoms with Gasteiger partial charge in [0.2, 0.25) is 0 Å². The van der Waals surface area contributed by atoms with Crippen molar-refractivity contribution in [2.24, 2.45) is 0 Å². The number of rotatable bonds is 3. The minimum atomic E-state index is -0.353. The van der Waals surface area contributed by atoms with Gasteiger partial charge < -0.3 is 9.47 Å². The second-order valence-corrected chi connectivity index (χ2v) is 5.71. The van der Waals surface area contributed by atoms with E-state index in [4.69, 9.17) is 9.47 Å². The van der Waals surface area contributed by atoms with E-state index in [2.05, 4.69) is 4.98 Å². The third-order valence-electron chi connectivity index (χ3n) is 4.06. The third kappa shape index (κ3) is 3.02. The van der Waals surface area contributed by atoms with Gasteiger partial charge in [-0.25, -0.2) is 4.79 Å². The number of aromatic nitrogens is 1. The Kier molecular flexibility index (Phi) is 3.78. The summed E-state index contributed by atoms with van der Waals surface area (Å²) in [7, 11) is 1.65. The Morgan fingerprint density at radius 3 is 2.72 bits per heavy atom. The minimum absolute atomic E-state index is 0.353. The van der Waals surface area contributed by atoms with E-state index < -0.39 is 0 Å². The first-order chi connectivity index (χ1) is 12.2. The van der Waals surface area contributed by atoms with Crippen LogP contribution in [0.2, 0.25) is 0 Å². The van der Waals surface area contributed by atoms with E-state index in [0.29, 0.717) is 11.3 Å². The molecule has 0 fully saturated rings. The second kappa shape index (κ2) is 6.24. The summed E-state index contributed by atoms with van der Waals surface area (Å²) in [6.07, 6.45) is 6.93. The van der Waals surface area contributed by atoms with Gasteiger partial charge in [-0.3, -0.25) is 4.98 Å². The smallest absolute Gasteiger partial charge is 0.343 e. The molecule has 4 heteroatoms. The average molecular weight is 329 g/mol. The number of carbonyl (C=O) groups excluding carboxylic acids is 1. The molecule has 4 nitrogen and oxygen atoms in total. The standard InChI is InChI=1S/C21H15NO3/c1-24-19-7-6-15-10-17(5-4-16(15)11-19)20-12-18(21(23)25-20)9-14-3-2-8-22-13-14/h2-13H,1H3/b18-9-. The summed E-state index contributed by atoms with van der Waals surface area (Å²) in [5.74, 6) is 1.01. The van der Waals surface area contributed by atoms with Crippen LogP contribution in [0.1, 0.15) is 11.1 Å². The first-order valence-corrected chi connectivity index (χ1v) is 7.87. The number of benzene rings is 2. The number of pyridine rings is 1. The van der Waals surface area contributed by atoms with Gasteiger partial charge in [0.15, 0.2) is 0 Å². The summed E-state index contributed by atoms with van der Waals surface area (Å²) in [5, 5.41) is 2.12. The molecule has 0 N–H and O–H groups in total. The highest BCUT2D eigenvalue weighted by atomic mass is 16.5. The average Bonchev–Trinajstić information content (AvgIpc) is 3.02. The molecular formula is C21H15NO3. The van der Waals surface area contributed by atoms with Crippen molar-refractivity contribution < 1.29 is 14.3 Å². The monoisotopic (exact) mass is 329 g/mol. The Balaban J connectivity index is 1.70. The molecule has 4 rings (SSSR count). The van der Waals surface area contributed by atoms with Crippen molar-refractivity contribution in [3.8, 4) is 5.75 Å². The number of methoxy groups -OCH3 is 1. The lowest BCUT2D eigenvalue weighted by Crippen LogP contribution is -1.97. The number of hydrogen-bond acceptors (Lipinski definition) is 4. The molecule has 1 aromatic heterocycles. The van der Waals surface area contributed by atoms with E-state index >= 15 is 0 Å². The summed E-state index contributed by atoms with van der Waals surface area (Å²) < 4.78 is 10.7. The molecule has 0 aliphatic carbocycles. The maximum absolute atomic E-state index is 12.1. The van der Waals surface area contributed by atoms with Crippen molar-refractivity contribution in [2.45, 2.75) is 0 Å². The molecule has 3 aromatic rings. The van der Waals surface area contributed by atoms with Crippen molar-refractivity contribution in [2.75, 3.05) is 7.11 Å². The van der Waals surface area contributed by atoms with E-state index in [-0.39, 0.29) is 5.97 Å². The largest absolute Gasteiger partial charge is 0.497 e. The Bertz CT molecular complexity index is 1020. The quantitative estimate of drug-likeness (QED) is 0.533. The maximum Gasteiger partial charge on any atom is 0.343 e. The van der Waals surface area contributed by atoms with Crippen LogP contribution in [0, 0.1) is 0 Å². The van der Waals surface area contributed by atoms with E-state index in [1.807, 2.05) is 48.5 Å². The topological polar surface area (TPSA) is 48.4 Å². The first kappa shape index (κ1) is 15.1. The fourth-order valence-corrected chi connectivity index (χ4v) is 2.78. The lowest BCUT2D eigenvalue weighted by Gasteiger charge is -2.06. The Morgan fingerprint density at radius 2 is 1.92 bits per heavy atom. The third-order valence-corrected chi connectivity index (χ3v) is 4.06. The zero-order valence-corrected chi connectivity index (χ0v) is 13.6. The highest BCUT2D eigenvalue weighted by molar-refractivity contribution is 6.05. The van der Waals surface area contributed by atoms with Gasteiger partial charge in [0.25, 0.3) is 0 Å². The van der Waals surface area contributed by atoms with E-state index in [0.717, 1.165) is 27.6 Å². The first-order valence-electron chi connectivity index (χ1n) is 7.87. The molecular weight excluding hydrogens is 314 g/mol. The van der Waals surface area contributed by atoms with Crippen molar-refractivity contribution in [3.05, 3.63) is 83.7 Å². The number of cyclic esters (lactones) is 1. The predicted molar refractivity (Wildman–Crippen MR) is 96.8 cm³/mol. The lowest BCUT2D eigenvalue weighted by molar-refractivity contribution is -0.130. The summed E-state index contributed by atoms with van der Waals surface area (Å²) in [6, 6.07) is 15.5. The minimum Gasteiger partial charge on any atom is -0.497 e. The van der Waals surface area contributed by atoms with Gasteiger partial charge in [0.05, 0.1) is 12.7 Å². The van der Waals surface area contributed by atoms with Gasteiger partial charge in [0, 0.05) is 18.0 Å². The van der Waals surface area contributed by atoms with Gasteiger partial charge in [-0.1, -0.05) is 24.3 Å². The van der Waals surface area contributed by atoms with Crippen LogP contribution in [0.15, 0.2) is 72.6 Å². The molecule has 25 heavy (non-hydrogen) atoms.